The van der Waals surface area contributed by atoms with Crippen LogP contribution in [-0.2, 0) is 10.0 Å². The normalized spacial score (nSPS) is 11.4. The molecular formula is C10H11FN4O2S. The molecular weight excluding hydrogens is 259 g/mol. The molecule has 2 rings (SSSR count). The monoisotopic (exact) mass is 270 g/mol. The molecule has 0 aliphatic rings. The van der Waals surface area contributed by atoms with Gasteiger partial charge in [0.2, 0.25) is 0 Å². The maximum atomic E-state index is 13.2. The zero-order chi connectivity index (χ0) is 13.3. The third kappa shape index (κ3) is 2.43. The van der Waals surface area contributed by atoms with Gasteiger partial charge in [-0.1, -0.05) is 0 Å². The molecule has 2 aromatic rings. The summed E-state index contributed by atoms with van der Waals surface area (Å²) in [6, 6.07) is 3.67. The predicted molar refractivity (Wildman–Crippen MR) is 64.9 cm³/mol. The molecule has 96 valence electrons. The van der Waals surface area contributed by atoms with Gasteiger partial charge in [-0.2, -0.15) is 8.42 Å². The van der Waals surface area contributed by atoms with Gasteiger partial charge in [-0.15, -0.1) is 0 Å². The fraction of sp³-hybridized carbons (Fsp3) is 0.100. The van der Waals surface area contributed by atoms with E-state index in [-0.39, 0.29) is 16.4 Å². The van der Waals surface area contributed by atoms with Crippen LogP contribution in [0, 0.1) is 12.7 Å². The zero-order valence-electron chi connectivity index (χ0n) is 9.44. The summed E-state index contributed by atoms with van der Waals surface area (Å²) in [6.07, 6.45) is 1.19. The van der Waals surface area contributed by atoms with Crippen molar-refractivity contribution in [2.24, 2.45) is 0 Å². The highest BCUT2D eigenvalue weighted by Gasteiger charge is 2.17. The van der Waals surface area contributed by atoms with E-state index in [0.717, 1.165) is 6.07 Å². The number of aryl methyl sites for hydroxylation is 1. The Labute approximate surface area is 103 Å². The number of aromatic amines is 1. The summed E-state index contributed by atoms with van der Waals surface area (Å²) >= 11 is 0. The first-order valence-electron chi connectivity index (χ1n) is 4.98. The second-order valence-electron chi connectivity index (χ2n) is 3.67. The molecule has 0 bridgehead atoms. The third-order valence-electron chi connectivity index (χ3n) is 2.22. The minimum Gasteiger partial charge on any atom is -0.396 e. The number of sulfonamides is 1. The lowest BCUT2D eigenvalue weighted by Gasteiger charge is -2.06. The van der Waals surface area contributed by atoms with Crippen molar-refractivity contribution in [1.82, 2.24) is 9.97 Å². The molecule has 1 aromatic heterocycles. The zero-order valence-corrected chi connectivity index (χ0v) is 10.3. The maximum absolute atomic E-state index is 13.2. The Hall–Kier alpha value is -2.09. The SMILES string of the molecule is Cc1ncc(S(=O)(=O)Nc2ccc(N)c(F)c2)[nH]1. The molecule has 18 heavy (non-hydrogen) atoms. The summed E-state index contributed by atoms with van der Waals surface area (Å²) < 4.78 is 39.2. The molecule has 6 nitrogen and oxygen atoms in total. The van der Waals surface area contributed by atoms with Crippen LogP contribution in [0.1, 0.15) is 5.82 Å². The number of nitrogens with zero attached hydrogens (tertiary/aromatic N) is 1. The number of benzene rings is 1. The van der Waals surface area contributed by atoms with Crippen LogP contribution < -0.4 is 10.5 Å². The van der Waals surface area contributed by atoms with Gasteiger partial charge in [-0.3, -0.25) is 4.72 Å². The van der Waals surface area contributed by atoms with E-state index in [4.69, 9.17) is 5.73 Å². The molecule has 0 fully saturated rings. The number of H-pyrrole nitrogens is 1. The van der Waals surface area contributed by atoms with Gasteiger partial charge in [-0.25, -0.2) is 9.37 Å². The minimum absolute atomic E-state index is 0.0460. The van der Waals surface area contributed by atoms with Gasteiger partial charge in [0.15, 0.2) is 5.03 Å². The number of nitrogens with one attached hydrogen (secondary N) is 2. The van der Waals surface area contributed by atoms with Gasteiger partial charge >= 0.3 is 0 Å². The molecule has 0 saturated carbocycles. The molecule has 0 aliphatic carbocycles. The van der Waals surface area contributed by atoms with E-state index >= 15 is 0 Å². The molecule has 8 heteroatoms. The quantitative estimate of drug-likeness (QED) is 0.730. The summed E-state index contributed by atoms with van der Waals surface area (Å²) in [6.45, 7) is 1.63. The van der Waals surface area contributed by atoms with Gasteiger partial charge in [0.25, 0.3) is 10.0 Å². The third-order valence-corrected chi connectivity index (χ3v) is 3.51. The first-order chi connectivity index (χ1) is 8.38. The number of hydrogen-bond acceptors (Lipinski definition) is 4. The van der Waals surface area contributed by atoms with Crippen molar-refractivity contribution < 1.29 is 12.8 Å². The number of halogens is 1. The van der Waals surface area contributed by atoms with E-state index in [1.54, 1.807) is 6.92 Å². The van der Waals surface area contributed by atoms with E-state index in [1.807, 2.05) is 0 Å². The van der Waals surface area contributed by atoms with E-state index in [1.165, 1.54) is 18.3 Å². The summed E-state index contributed by atoms with van der Waals surface area (Å²) in [4.78, 5) is 6.37. The molecule has 0 radical (unpaired) electrons. The van der Waals surface area contributed by atoms with Crippen molar-refractivity contribution in [3.05, 3.63) is 36.0 Å². The summed E-state index contributed by atoms with van der Waals surface area (Å²) in [7, 11) is -3.80. The number of nitrogens with two attached hydrogens (primary N) is 1. The van der Waals surface area contributed by atoms with E-state index in [2.05, 4.69) is 14.7 Å². The van der Waals surface area contributed by atoms with Crippen LogP contribution >= 0.6 is 0 Å². The Morgan fingerprint density at radius 3 is 2.72 bits per heavy atom. The van der Waals surface area contributed by atoms with Crippen molar-refractivity contribution in [2.45, 2.75) is 11.9 Å². The lowest BCUT2D eigenvalue weighted by Crippen LogP contribution is -2.13. The smallest absolute Gasteiger partial charge is 0.278 e. The Bertz CT molecular complexity index is 681. The average molecular weight is 270 g/mol. The van der Waals surface area contributed by atoms with E-state index in [0.29, 0.717) is 5.82 Å². The predicted octanol–water partition coefficient (Wildman–Crippen LogP) is 1.24. The maximum Gasteiger partial charge on any atom is 0.278 e. The number of rotatable bonds is 3. The fourth-order valence-corrected chi connectivity index (χ4v) is 2.36. The van der Waals surface area contributed by atoms with Gasteiger partial charge in [0, 0.05) is 6.07 Å². The lowest BCUT2D eigenvalue weighted by molar-refractivity contribution is 0.598. The number of imidazole rings is 1. The summed E-state index contributed by atoms with van der Waals surface area (Å²) in [5, 5.41) is -0.0859. The summed E-state index contributed by atoms with van der Waals surface area (Å²) in [5.41, 5.74) is 5.34. The molecule has 0 atom stereocenters. The second kappa shape index (κ2) is 4.30. The Morgan fingerprint density at radius 1 is 1.44 bits per heavy atom. The first-order valence-corrected chi connectivity index (χ1v) is 6.46. The molecule has 0 saturated heterocycles. The largest absolute Gasteiger partial charge is 0.396 e. The van der Waals surface area contributed by atoms with Crippen LogP contribution in [0.5, 0.6) is 0 Å². The number of anilines is 2. The van der Waals surface area contributed by atoms with Crippen LogP contribution in [0.15, 0.2) is 29.4 Å². The molecule has 0 unspecified atom stereocenters. The van der Waals surface area contributed by atoms with Gasteiger partial charge in [-0.05, 0) is 19.1 Å². The molecule has 4 N–H and O–H groups in total. The van der Waals surface area contributed by atoms with Crippen LogP contribution in [0.3, 0.4) is 0 Å². The van der Waals surface area contributed by atoms with Crippen molar-refractivity contribution in [1.29, 1.82) is 0 Å². The number of hydrogen-bond donors (Lipinski definition) is 3. The Kier molecular flexibility index (Phi) is 2.95. The van der Waals surface area contributed by atoms with Crippen molar-refractivity contribution >= 4 is 21.4 Å². The minimum atomic E-state index is -3.80. The Morgan fingerprint density at radius 2 is 2.17 bits per heavy atom. The van der Waals surface area contributed by atoms with Crippen LogP contribution in [0.4, 0.5) is 15.8 Å². The van der Waals surface area contributed by atoms with Crippen molar-refractivity contribution in [3.63, 3.8) is 0 Å². The van der Waals surface area contributed by atoms with Gasteiger partial charge in [0.05, 0.1) is 17.6 Å². The van der Waals surface area contributed by atoms with Crippen LogP contribution in [0.25, 0.3) is 0 Å². The highest BCUT2D eigenvalue weighted by Crippen LogP contribution is 2.19. The highest BCUT2D eigenvalue weighted by molar-refractivity contribution is 7.92. The van der Waals surface area contributed by atoms with Crippen molar-refractivity contribution in [2.75, 3.05) is 10.5 Å². The number of aromatic nitrogens is 2. The molecule has 1 aromatic carbocycles. The van der Waals surface area contributed by atoms with E-state index in [9.17, 15) is 12.8 Å². The molecule has 1 heterocycles. The number of nitrogen functional groups attached to an aromatic ring is 1. The highest BCUT2D eigenvalue weighted by atomic mass is 32.2. The average Bonchev–Trinajstić information content (AvgIpc) is 2.71. The van der Waals surface area contributed by atoms with Crippen molar-refractivity contribution in [3.8, 4) is 0 Å². The summed E-state index contributed by atoms with van der Waals surface area (Å²) in [5.74, 6) is -0.213. The fourth-order valence-electron chi connectivity index (χ4n) is 1.34. The standard InChI is InChI=1S/C10H11FN4O2S/c1-6-13-5-10(14-6)18(16,17)15-7-2-3-9(12)8(11)4-7/h2-5,15H,12H2,1H3,(H,13,14). The molecule has 0 spiro atoms. The Balaban J connectivity index is 2.30. The first kappa shape index (κ1) is 12.4. The van der Waals surface area contributed by atoms with Gasteiger partial charge < -0.3 is 10.7 Å². The van der Waals surface area contributed by atoms with Crippen LogP contribution in [0.2, 0.25) is 0 Å². The molecule has 0 amide bonds. The lowest BCUT2D eigenvalue weighted by atomic mass is 10.3. The van der Waals surface area contributed by atoms with Crippen LogP contribution in [-0.4, -0.2) is 18.4 Å². The molecule has 0 aliphatic heterocycles. The second-order valence-corrected chi connectivity index (χ2v) is 5.33. The van der Waals surface area contributed by atoms with Gasteiger partial charge in [0.1, 0.15) is 11.6 Å². The topological polar surface area (TPSA) is 101 Å². The van der Waals surface area contributed by atoms with E-state index < -0.39 is 15.8 Å².